The SMILES string of the molecule is COc1ccc(C)cc1CC(=O)NCCCc1nc2ccccc2[nH]1. The quantitative estimate of drug-likeness (QED) is 0.651. The smallest absolute Gasteiger partial charge is 0.224 e. The molecule has 0 aliphatic rings. The van der Waals surface area contributed by atoms with Gasteiger partial charge in [-0.2, -0.15) is 0 Å². The number of hydrogen-bond acceptors (Lipinski definition) is 3. The number of benzene rings is 2. The Balaban J connectivity index is 1.47. The zero-order chi connectivity index (χ0) is 17.6. The molecule has 0 fully saturated rings. The fourth-order valence-electron chi connectivity index (χ4n) is 2.89. The molecule has 1 aromatic heterocycles. The van der Waals surface area contributed by atoms with Crippen molar-refractivity contribution in [1.82, 2.24) is 15.3 Å². The number of para-hydroxylation sites is 2. The molecule has 0 atom stereocenters. The molecule has 0 saturated carbocycles. The highest BCUT2D eigenvalue weighted by Gasteiger charge is 2.09. The van der Waals surface area contributed by atoms with Gasteiger partial charge in [-0.3, -0.25) is 4.79 Å². The van der Waals surface area contributed by atoms with Gasteiger partial charge < -0.3 is 15.0 Å². The van der Waals surface area contributed by atoms with Crippen LogP contribution in [0.1, 0.15) is 23.4 Å². The van der Waals surface area contributed by atoms with Gasteiger partial charge in [0.2, 0.25) is 5.91 Å². The Hall–Kier alpha value is -2.82. The second-order valence-electron chi connectivity index (χ2n) is 6.15. The van der Waals surface area contributed by atoms with Crippen LogP contribution in [0.4, 0.5) is 0 Å². The molecule has 0 aliphatic carbocycles. The summed E-state index contributed by atoms with van der Waals surface area (Å²) in [6.07, 6.45) is 1.98. The highest BCUT2D eigenvalue weighted by Crippen LogP contribution is 2.20. The van der Waals surface area contributed by atoms with Crippen molar-refractivity contribution < 1.29 is 9.53 Å². The average Bonchev–Trinajstić information content (AvgIpc) is 3.02. The number of nitrogens with one attached hydrogen (secondary N) is 2. The number of aryl methyl sites for hydroxylation is 2. The van der Waals surface area contributed by atoms with Crippen molar-refractivity contribution >= 4 is 16.9 Å². The average molecular weight is 337 g/mol. The van der Waals surface area contributed by atoms with Gasteiger partial charge in [0.05, 0.1) is 24.6 Å². The first-order valence-corrected chi connectivity index (χ1v) is 8.49. The Kier molecular flexibility index (Phi) is 5.33. The maximum absolute atomic E-state index is 12.2. The predicted molar refractivity (Wildman–Crippen MR) is 98.9 cm³/mol. The van der Waals surface area contributed by atoms with E-state index in [0.29, 0.717) is 13.0 Å². The summed E-state index contributed by atoms with van der Waals surface area (Å²) < 4.78 is 5.32. The number of aromatic nitrogens is 2. The van der Waals surface area contributed by atoms with Crippen molar-refractivity contribution in [3.8, 4) is 5.75 Å². The summed E-state index contributed by atoms with van der Waals surface area (Å²) in [7, 11) is 1.62. The standard InChI is InChI=1S/C20H23N3O2/c1-14-9-10-18(25-2)15(12-14)13-20(24)21-11-5-8-19-22-16-6-3-4-7-17(16)23-19/h3-4,6-7,9-10,12H,5,8,11,13H2,1-2H3,(H,21,24)(H,22,23). The van der Waals surface area contributed by atoms with E-state index in [4.69, 9.17) is 4.74 Å². The monoisotopic (exact) mass is 337 g/mol. The molecule has 0 bridgehead atoms. The van der Waals surface area contributed by atoms with Crippen LogP contribution in [0, 0.1) is 6.92 Å². The third-order valence-corrected chi connectivity index (χ3v) is 4.14. The molecule has 0 unspecified atom stereocenters. The molecule has 2 N–H and O–H groups in total. The summed E-state index contributed by atoms with van der Waals surface area (Å²) in [5, 5.41) is 2.97. The molecule has 1 heterocycles. The highest BCUT2D eigenvalue weighted by atomic mass is 16.5. The van der Waals surface area contributed by atoms with E-state index in [2.05, 4.69) is 15.3 Å². The lowest BCUT2D eigenvalue weighted by Gasteiger charge is -2.10. The first-order chi connectivity index (χ1) is 12.2. The highest BCUT2D eigenvalue weighted by molar-refractivity contribution is 5.79. The van der Waals surface area contributed by atoms with Gasteiger partial charge in [-0.1, -0.05) is 29.8 Å². The first-order valence-electron chi connectivity index (χ1n) is 8.49. The van der Waals surface area contributed by atoms with E-state index in [1.807, 2.05) is 49.4 Å². The van der Waals surface area contributed by atoms with Crippen molar-refractivity contribution in [2.24, 2.45) is 0 Å². The Morgan fingerprint density at radius 1 is 1.24 bits per heavy atom. The molecule has 1 amide bonds. The fourth-order valence-corrected chi connectivity index (χ4v) is 2.89. The zero-order valence-corrected chi connectivity index (χ0v) is 14.6. The van der Waals surface area contributed by atoms with Gasteiger partial charge in [0.15, 0.2) is 0 Å². The lowest BCUT2D eigenvalue weighted by atomic mass is 10.1. The molecule has 0 radical (unpaired) electrons. The van der Waals surface area contributed by atoms with Crippen LogP contribution in [-0.4, -0.2) is 29.5 Å². The number of H-pyrrole nitrogens is 1. The Bertz CT molecular complexity index is 837. The summed E-state index contributed by atoms with van der Waals surface area (Å²) in [5.41, 5.74) is 4.06. The number of amides is 1. The zero-order valence-electron chi connectivity index (χ0n) is 14.6. The molecule has 0 saturated heterocycles. The predicted octanol–water partition coefficient (Wildman–Crippen LogP) is 3.17. The summed E-state index contributed by atoms with van der Waals surface area (Å²) in [6.45, 7) is 2.64. The Labute approximate surface area is 147 Å². The topological polar surface area (TPSA) is 67.0 Å². The van der Waals surface area contributed by atoms with E-state index in [9.17, 15) is 4.79 Å². The van der Waals surface area contributed by atoms with E-state index < -0.39 is 0 Å². The minimum absolute atomic E-state index is 0.00788. The second kappa shape index (κ2) is 7.83. The van der Waals surface area contributed by atoms with Crippen LogP contribution in [0.3, 0.4) is 0 Å². The molecular weight excluding hydrogens is 314 g/mol. The Morgan fingerprint density at radius 3 is 2.88 bits per heavy atom. The molecule has 2 aromatic carbocycles. The summed E-state index contributed by atoms with van der Waals surface area (Å²) in [5.74, 6) is 1.72. The number of rotatable bonds is 7. The van der Waals surface area contributed by atoms with E-state index >= 15 is 0 Å². The molecule has 5 nitrogen and oxygen atoms in total. The number of carbonyl (C=O) groups is 1. The van der Waals surface area contributed by atoms with Crippen molar-refractivity contribution in [3.63, 3.8) is 0 Å². The molecule has 0 spiro atoms. The Morgan fingerprint density at radius 2 is 2.08 bits per heavy atom. The normalized spacial score (nSPS) is 10.8. The first kappa shape index (κ1) is 17.0. The molecule has 3 rings (SSSR count). The van der Waals surface area contributed by atoms with Crippen molar-refractivity contribution in [1.29, 1.82) is 0 Å². The maximum atomic E-state index is 12.2. The van der Waals surface area contributed by atoms with Gasteiger partial charge in [-0.25, -0.2) is 4.98 Å². The van der Waals surface area contributed by atoms with Gasteiger partial charge in [0.25, 0.3) is 0 Å². The number of methoxy groups -OCH3 is 1. The van der Waals surface area contributed by atoms with Crippen LogP contribution in [0.5, 0.6) is 5.75 Å². The van der Waals surface area contributed by atoms with Crippen molar-refractivity contribution in [2.45, 2.75) is 26.2 Å². The molecular formula is C20H23N3O2. The summed E-state index contributed by atoms with van der Waals surface area (Å²) >= 11 is 0. The molecule has 5 heteroatoms. The van der Waals surface area contributed by atoms with Gasteiger partial charge in [0.1, 0.15) is 11.6 Å². The maximum Gasteiger partial charge on any atom is 0.224 e. The van der Waals surface area contributed by atoms with E-state index in [1.54, 1.807) is 7.11 Å². The van der Waals surface area contributed by atoms with Crippen molar-refractivity contribution in [2.75, 3.05) is 13.7 Å². The lowest BCUT2D eigenvalue weighted by Crippen LogP contribution is -2.26. The van der Waals surface area contributed by atoms with Crippen LogP contribution in [0.2, 0.25) is 0 Å². The molecule has 130 valence electrons. The number of hydrogen-bond donors (Lipinski definition) is 2. The van der Waals surface area contributed by atoms with Gasteiger partial charge >= 0.3 is 0 Å². The van der Waals surface area contributed by atoms with Gasteiger partial charge in [0, 0.05) is 18.5 Å². The molecule has 0 aliphatic heterocycles. The number of ether oxygens (including phenoxy) is 1. The number of fused-ring (bicyclic) bond motifs is 1. The minimum atomic E-state index is 0.00788. The third kappa shape index (κ3) is 4.38. The fraction of sp³-hybridized carbons (Fsp3) is 0.300. The van der Waals surface area contributed by atoms with E-state index in [-0.39, 0.29) is 5.91 Å². The van der Waals surface area contributed by atoms with Crippen LogP contribution in [0.25, 0.3) is 11.0 Å². The van der Waals surface area contributed by atoms with Gasteiger partial charge in [-0.05, 0) is 31.5 Å². The largest absolute Gasteiger partial charge is 0.496 e. The van der Waals surface area contributed by atoms with E-state index in [1.165, 1.54) is 0 Å². The third-order valence-electron chi connectivity index (χ3n) is 4.14. The van der Waals surface area contributed by atoms with Crippen LogP contribution in [0.15, 0.2) is 42.5 Å². The number of aromatic amines is 1. The minimum Gasteiger partial charge on any atom is -0.496 e. The number of nitrogens with zero attached hydrogens (tertiary/aromatic N) is 1. The molecule has 25 heavy (non-hydrogen) atoms. The van der Waals surface area contributed by atoms with Crippen LogP contribution in [-0.2, 0) is 17.6 Å². The van der Waals surface area contributed by atoms with E-state index in [0.717, 1.165) is 46.6 Å². The lowest BCUT2D eigenvalue weighted by molar-refractivity contribution is -0.120. The summed E-state index contributed by atoms with van der Waals surface area (Å²) in [4.78, 5) is 20.0. The molecule has 3 aromatic rings. The van der Waals surface area contributed by atoms with Crippen LogP contribution >= 0.6 is 0 Å². The number of carbonyl (C=O) groups excluding carboxylic acids is 1. The van der Waals surface area contributed by atoms with Crippen LogP contribution < -0.4 is 10.1 Å². The van der Waals surface area contributed by atoms with Crippen molar-refractivity contribution in [3.05, 3.63) is 59.4 Å². The second-order valence-corrected chi connectivity index (χ2v) is 6.15. The number of imidazole rings is 1. The summed E-state index contributed by atoms with van der Waals surface area (Å²) in [6, 6.07) is 13.9. The van der Waals surface area contributed by atoms with Gasteiger partial charge in [-0.15, -0.1) is 0 Å².